The van der Waals surface area contributed by atoms with Crippen LogP contribution in [0, 0.1) is 11.3 Å². The zero-order valence-corrected chi connectivity index (χ0v) is 11.3. The van der Waals surface area contributed by atoms with Gasteiger partial charge in [0.1, 0.15) is 6.07 Å². The van der Waals surface area contributed by atoms with Gasteiger partial charge in [-0.25, -0.2) is 4.79 Å². The molecular formula is C15H12ClN3O. The lowest BCUT2D eigenvalue weighted by Crippen LogP contribution is -2.28. The molecule has 0 bridgehead atoms. The van der Waals surface area contributed by atoms with Crippen molar-refractivity contribution < 1.29 is 4.79 Å². The average molecular weight is 286 g/mol. The highest BCUT2D eigenvalue weighted by molar-refractivity contribution is 6.30. The minimum absolute atomic E-state index is 0.359. The van der Waals surface area contributed by atoms with Gasteiger partial charge in [-0.15, -0.1) is 0 Å². The first kappa shape index (κ1) is 13.9. The third-order valence-electron chi connectivity index (χ3n) is 2.66. The lowest BCUT2D eigenvalue weighted by molar-refractivity contribution is 0.251. The van der Waals surface area contributed by atoms with Gasteiger partial charge >= 0.3 is 6.03 Å². The van der Waals surface area contributed by atoms with E-state index in [1.54, 1.807) is 36.4 Å². The van der Waals surface area contributed by atoms with Crippen LogP contribution < -0.4 is 10.6 Å². The number of carbonyl (C=O) groups is 1. The molecule has 0 radical (unpaired) electrons. The van der Waals surface area contributed by atoms with Gasteiger partial charge in [0.15, 0.2) is 0 Å². The third kappa shape index (κ3) is 3.74. The van der Waals surface area contributed by atoms with Crippen molar-refractivity contribution in [1.29, 1.82) is 5.26 Å². The molecule has 0 aliphatic carbocycles. The molecule has 20 heavy (non-hydrogen) atoms. The second-order valence-corrected chi connectivity index (χ2v) is 4.53. The van der Waals surface area contributed by atoms with E-state index in [4.69, 9.17) is 16.9 Å². The molecule has 2 amide bonds. The van der Waals surface area contributed by atoms with E-state index in [1.165, 1.54) is 0 Å². The average Bonchev–Trinajstić information content (AvgIpc) is 2.47. The van der Waals surface area contributed by atoms with Crippen LogP contribution in [0.3, 0.4) is 0 Å². The number of urea groups is 1. The third-order valence-corrected chi connectivity index (χ3v) is 2.91. The molecule has 0 atom stereocenters. The van der Waals surface area contributed by atoms with Gasteiger partial charge in [-0.05, 0) is 29.8 Å². The van der Waals surface area contributed by atoms with E-state index in [0.29, 0.717) is 22.8 Å². The summed E-state index contributed by atoms with van der Waals surface area (Å²) in [5.41, 5.74) is 1.86. The number of rotatable bonds is 3. The molecule has 2 rings (SSSR count). The molecule has 100 valence electrons. The van der Waals surface area contributed by atoms with Gasteiger partial charge in [0.25, 0.3) is 0 Å². The Balaban J connectivity index is 1.93. The Labute approximate surface area is 122 Å². The van der Waals surface area contributed by atoms with Crippen molar-refractivity contribution in [2.45, 2.75) is 6.54 Å². The number of hydrogen-bond donors (Lipinski definition) is 2. The van der Waals surface area contributed by atoms with Gasteiger partial charge in [-0.3, -0.25) is 0 Å². The summed E-state index contributed by atoms with van der Waals surface area (Å²) in [6.07, 6.45) is 0. The van der Waals surface area contributed by atoms with Gasteiger partial charge in [-0.1, -0.05) is 35.9 Å². The number of halogens is 1. The van der Waals surface area contributed by atoms with E-state index in [9.17, 15) is 4.79 Å². The predicted molar refractivity (Wildman–Crippen MR) is 78.5 cm³/mol. The van der Waals surface area contributed by atoms with Crippen molar-refractivity contribution in [3.05, 3.63) is 64.7 Å². The number of nitrogens with zero attached hydrogens (tertiary/aromatic N) is 1. The normalized spacial score (nSPS) is 9.60. The summed E-state index contributed by atoms with van der Waals surface area (Å²) >= 11 is 5.78. The largest absolute Gasteiger partial charge is 0.334 e. The Morgan fingerprint density at radius 1 is 1.15 bits per heavy atom. The van der Waals surface area contributed by atoms with Gasteiger partial charge in [-0.2, -0.15) is 5.26 Å². The molecule has 5 heteroatoms. The number of amides is 2. The van der Waals surface area contributed by atoms with Crippen LogP contribution in [0.4, 0.5) is 10.5 Å². The maximum atomic E-state index is 11.8. The Morgan fingerprint density at radius 3 is 2.55 bits per heavy atom. The smallest absolute Gasteiger partial charge is 0.319 e. The SMILES string of the molecule is N#Cc1ccccc1NC(=O)NCc1ccc(Cl)cc1. The van der Waals surface area contributed by atoms with Gasteiger partial charge < -0.3 is 10.6 Å². The van der Waals surface area contributed by atoms with Crippen LogP contribution in [0.2, 0.25) is 5.02 Å². The summed E-state index contributed by atoms with van der Waals surface area (Å²) in [4.78, 5) is 11.8. The van der Waals surface area contributed by atoms with Crippen LogP contribution in [-0.4, -0.2) is 6.03 Å². The monoisotopic (exact) mass is 285 g/mol. The number of carbonyl (C=O) groups excluding carboxylic acids is 1. The first-order valence-corrected chi connectivity index (χ1v) is 6.35. The standard InChI is InChI=1S/C15H12ClN3O/c16-13-7-5-11(6-8-13)10-18-15(20)19-14-4-2-1-3-12(14)9-17/h1-8H,10H2,(H2,18,19,20). The fraction of sp³-hybridized carbons (Fsp3) is 0.0667. The molecule has 0 saturated heterocycles. The van der Waals surface area contributed by atoms with E-state index in [2.05, 4.69) is 10.6 Å². The topological polar surface area (TPSA) is 64.9 Å². The summed E-state index contributed by atoms with van der Waals surface area (Å²) in [5, 5.41) is 14.9. The van der Waals surface area contributed by atoms with Gasteiger partial charge in [0.05, 0.1) is 11.3 Å². The predicted octanol–water partition coefficient (Wildman–Crippen LogP) is 3.53. The molecular weight excluding hydrogens is 274 g/mol. The molecule has 2 N–H and O–H groups in total. The summed E-state index contributed by atoms with van der Waals surface area (Å²) in [6, 6.07) is 15.7. The molecule has 2 aromatic carbocycles. The molecule has 0 heterocycles. The van der Waals surface area contributed by atoms with E-state index in [1.807, 2.05) is 18.2 Å². The zero-order chi connectivity index (χ0) is 14.4. The highest BCUT2D eigenvalue weighted by Gasteiger charge is 2.05. The number of para-hydroxylation sites is 1. The van der Waals surface area contributed by atoms with Crippen LogP contribution in [-0.2, 0) is 6.54 Å². The van der Waals surface area contributed by atoms with E-state index < -0.39 is 0 Å². The van der Waals surface area contributed by atoms with Crippen molar-refractivity contribution in [3.63, 3.8) is 0 Å². The van der Waals surface area contributed by atoms with Crippen LogP contribution in [0.15, 0.2) is 48.5 Å². The second-order valence-electron chi connectivity index (χ2n) is 4.09. The number of benzene rings is 2. The summed E-state index contributed by atoms with van der Waals surface area (Å²) in [6.45, 7) is 0.387. The lowest BCUT2D eigenvalue weighted by atomic mass is 10.2. The number of nitriles is 1. The maximum Gasteiger partial charge on any atom is 0.319 e. The molecule has 0 saturated carbocycles. The summed E-state index contributed by atoms with van der Waals surface area (Å²) < 4.78 is 0. The first-order valence-electron chi connectivity index (χ1n) is 5.97. The van der Waals surface area contributed by atoms with E-state index in [-0.39, 0.29) is 6.03 Å². The van der Waals surface area contributed by atoms with Crippen molar-refractivity contribution in [2.75, 3.05) is 5.32 Å². The maximum absolute atomic E-state index is 11.8. The van der Waals surface area contributed by atoms with Crippen LogP contribution in [0.1, 0.15) is 11.1 Å². The molecule has 2 aromatic rings. The van der Waals surface area contributed by atoms with Crippen LogP contribution in [0.5, 0.6) is 0 Å². The summed E-state index contributed by atoms with van der Waals surface area (Å²) in [5.74, 6) is 0. The van der Waals surface area contributed by atoms with Crippen molar-refractivity contribution in [1.82, 2.24) is 5.32 Å². The van der Waals surface area contributed by atoms with E-state index in [0.717, 1.165) is 5.56 Å². The highest BCUT2D eigenvalue weighted by atomic mass is 35.5. The van der Waals surface area contributed by atoms with Crippen LogP contribution in [0.25, 0.3) is 0 Å². The quantitative estimate of drug-likeness (QED) is 0.906. The first-order chi connectivity index (χ1) is 9.69. The zero-order valence-electron chi connectivity index (χ0n) is 10.6. The molecule has 0 unspecified atom stereocenters. The highest BCUT2D eigenvalue weighted by Crippen LogP contribution is 2.13. The number of hydrogen-bond acceptors (Lipinski definition) is 2. The minimum atomic E-state index is -0.359. The Morgan fingerprint density at radius 2 is 1.85 bits per heavy atom. The molecule has 0 aliphatic rings. The Bertz CT molecular complexity index is 647. The number of nitrogens with one attached hydrogen (secondary N) is 2. The van der Waals surface area contributed by atoms with Gasteiger partial charge in [0.2, 0.25) is 0 Å². The van der Waals surface area contributed by atoms with Crippen molar-refractivity contribution in [3.8, 4) is 6.07 Å². The second kappa shape index (κ2) is 6.60. The molecule has 0 spiro atoms. The Hall–Kier alpha value is -2.51. The molecule has 0 aromatic heterocycles. The molecule has 0 aliphatic heterocycles. The fourth-order valence-electron chi connectivity index (χ4n) is 1.64. The lowest BCUT2D eigenvalue weighted by Gasteiger charge is -2.08. The number of anilines is 1. The summed E-state index contributed by atoms with van der Waals surface area (Å²) in [7, 11) is 0. The Kier molecular flexibility index (Phi) is 4.59. The van der Waals surface area contributed by atoms with E-state index >= 15 is 0 Å². The van der Waals surface area contributed by atoms with Crippen LogP contribution >= 0.6 is 11.6 Å². The molecule has 0 fully saturated rings. The van der Waals surface area contributed by atoms with Gasteiger partial charge in [0, 0.05) is 11.6 Å². The van der Waals surface area contributed by atoms with Crippen molar-refractivity contribution in [2.24, 2.45) is 0 Å². The minimum Gasteiger partial charge on any atom is -0.334 e. The molecule has 4 nitrogen and oxygen atoms in total. The van der Waals surface area contributed by atoms with Crippen molar-refractivity contribution >= 4 is 23.3 Å². The fourth-order valence-corrected chi connectivity index (χ4v) is 1.77.